The summed E-state index contributed by atoms with van der Waals surface area (Å²) >= 11 is 7.77. The molecule has 9 heteroatoms. The number of nitrogens with one attached hydrogen (secondary N) is 2. The molecule has 0 aliphatic carbocycles. The van der Waals surface area contributed by atoms with E-state index in [4.69, 9.17) is 11.6 Å². The van der Waals surface area contributed by atoms with Crippen LogP contribution in [0.25, 0.3) is 21.5 Å². The average Bonchev–Trinajstić information content (AvgIpc) is 3.22. The zero-order valence-electron chi connectivity index (χ0n) is 12.4. The van der Waals surface area contributed by atoms with E-state index in [2.05, 4.69) is 25.7 Å². The Bertz CT molecular complexity index is 1100. The molecule has 0 fully saturated rings. The number of nitrogens with zero attached hydrogens (tertiary/aromatic N) is 4. The molecule has 120 valence electrons. The van der Waals surface area contributed by atoms with Gasteiger partial charge in [0.05, 0.1) is 22.4 Å². The third kappa shape index (κ3) is 2.55. The number of aromatic amines is 1. The van der Waals surface area contributed by atoms with Gasteiger partial charge >= 0.3 is 0 Å². The molecular weight excluding hydrogens is 348 g/mol. The topological polar surface area (TPSA) is 88.5 Å². The van der Waals surface area contributed by atoms with Crippen LogP contribution in [0, 0.1) is 0 Å². The Hall–Kier alpha value is -2.71. The van der Waals surface area contributed by atoms with E-state index in [0.717, 1.165) is 22.2 Å². The highest BCUT2D eigenvalue weighted by Gasteiger charge is 2.11. The van der Waals surface area contributed by atoms with Gasteiger partial charge in [-0.05, 0) is 18.2 Å². The predicted octanol–water partition coefficient (Wildman–Crippen LogP) is 3.18. The molecule has 0 aliphatic heterocycles. The summed E-state index contributed by atoms with van der Waals surface area (Å²) in [6, 6.07) is 6.99. The van der Waals surface area contributed by atoms with E-state index in [9.17, 15) is 4.79 Å². The van der Waals surface area contributed by atoms with Gasteiger partial charge in [0.2, 0.25) is 10.7 Å². The summed E-state index contributed by atoms with van der Waals surface area (Å²) in [4.78, 5) is 11.5. The number of pyridine rings is 1. The van der Waals surface area contributed by atoms with E-state index in [1.807, 2.05) is 12.1 Å². The second-order valence-electron chi connectivity index (χ2n) is 5.16. The smallest absolute Gasteiger partial charge is 0.250 e. The van der Waals surface area contributed by atoms with Crippen LogP contribution in [0.2, 0.25) is 5.02 Å². The van der Waals surface area contributed by atoms with E-state index in [1.165, 1.54) is 22.0 Å². The quantitative estimate of drug-likeness (QED) is 0.587. The normalized spacial score (nSPS) is 11.1. The maximum atomic E-state index is 11.5. The zero-order chi connectivity index (χ0) is 16.7. The number of hydrogen-bond donors (Lipinski definition) is 2. The number of aromatic nitrogens is 5. The van der Waals surface area contributed by atoms with Crippen LogP contribution in [0.15, 0.2) is 41.5 Å². The Morgan fingerprint density at radius 3 is 2.96 bits per heavy atom. The largest absolute Gasteiger partial charge is 0.329 e. The first-order valence-electron chi connectivity index (χ1n) is 7.01. The summed E-state index contributed by atoms with van der Waals surface area (Å²) in [5.74, 6) is 0. The lowest BCUT2D eigenvalue weighted by Crippen LogP contribution is -2.13. The summed E-state index contributed by atoms with van der Waals surface area (Å²) < 4.78 is 1.51. The minimum Gasteiger partial charge on any atom is -0.329 e. The van der Waals surface area contributed by atoms with Crippen LogP contribution in [-0.2, 0) is 7.05 Å². The highest BCUT2D eigenvalue weighted by atomic mass is 35.5. The van der Waals surface area contributed by atoms with Crippen LogP contribution in [-0.4, -0.2) is 25.0 Å². The van der Waals surface area contributed by atoms with Gasteiger partial charge in [-0.3, -0.25) is 9.89 Å². The van der Waals surface area contributed by atoms with Crippen molar-refractivity contribution in [2.75, 3.05) is 5.32 Å². The lowest BCUT2D eigenvalue weighted by molar-refractivity contribution is 0.861. The second-order valence-corrected chi connectivity index (χ2v) is 6.52. The molecule has 0 saturated carbocycles. The fourth-order valence-corrected chi connectivity index (χ4v) is 3.31. The Morgan fingerprint density at radius 1 is 1.25 bits per heavy atom. The summed E-state index contributed by atoms with van der Waals surface area (Å²) in [5, 5.41) is 21.1. The van der Waals surface area contributed by atoms with Crippen LogP contribution in [0.3, 0.4) is 0 Å². The van der Waals surface area contributed by atoms with E-state index in [1.54, 1.807) is 25.5 Å². The molecule has 1 aromatic carbocycles. The third-order valence-corrected chi connectivity index (χ3v) is 4.85. The number of halogens is 1. The Labute approximate surface area is 144 Å². The average molecular weight is 359 g/mol. The van der Waals surface area contributed by atoms with Crippen LogP contribution in [0.5, 0.6) is 0 Å². The molecule has 7 nitrogen and oxygen atoms in total. The van der Waals surface area contributed by atoms with Crippen LogP contribution in [0.4, 0.5) is 10.8 Å². The van der Waals surface area contributed by atoms with Crippen molar-refractivity contribution in [1.29, 1.82) is 0 Å². The molecule has 2 N–H and O–H groups in total. The van der Waals surface area contributed by atoms with Crippen LogP contribution < -0.4 is 10.9 Å². The van der Waals surface area contributed by atoms with E-state index in [-0.39, 0.29) is 5.56 Å². The summed E-state index contributed by atoms with van der Waals surface area (Å²) in [6.07, 6.45) is 3.41. The number of anilines is 2. The second kappa shape index (κ2) is 5.73. The maximum Gasteiger partial charge on any atom is 0.250 e. The first-order chi connectivity index (χ1) is 11.6. The predicted molar refractivity (Wildman–Crippen MR) is 95.0 cm³/mol. The van der Waals surface area contributed by atoms with Gasteiger partial charge in [0.25, 0.3) is 0 Å². The van der Waals surface area contributed by atoms with Crippen molar-refractivity contribution >= 4 is 44.7 Å². The molecule has 0 bridgehead atoms. The van der Waals surface area contributed by atoms with Gasteiger partial charge < -0.3 is 9.88 Å². The SMILES string of the molecule is Cn1cc(-c2nnc(Nc3ccc4[nH]ncc4c3Cl)s2)ccc1=O. The third-order valence-electron chi connectivity index (χ3n) is 3.56. The van der Waals surface area contributed by atoms with Gasteiger partial charge in [-0.2, -0.15) is 5.10 Å². The van der Waals surface area contributed by atoms with Crippen molar-refractivity contribution in [2.45, 2.75) is 0 Å². The molecule has 0 amide bonds. The Kier molecular flexibility index (Phi) is 3.55. The zero-order valence-corrected chi connectivity index (χ0v) is 14.0. The van der Waals surface area contributed by atoms with Gasteiger partial charge in [0, 0.05) is 30.3 Å². The number of benzene rings is 1. The van der Waals surface area contributed by atoms with Gasteiger partial charge in [0.1, 0.15) is 0 Å². The number of fused-ring (bicyclic) bond motifs is 1. The fourth-order valence-electron chi connectivity index (χ4n) is 2.31. The molecule has 0 radical (unpaired) electrons. The Balaban J connectivity index is 1.65. The highest BCUT2D eigenvalue weighted by Crippen LogP contribution is 2.34. The summed E-state index contributed by atoms with van der Waals surface area (Å²) in [6.45, 7) is 0. The fraction of sp³-hybridized carbons (Fsp3) is 0.0667. The minimum absolute atomic E-state index is 0.0678. The van der Waals surface area contributed by atoms with Crippen molar-refractivity contribution in [3.8, 4) is 10.6 Å². The van der Waals surface area contributed by atoms with Crippen molar-refractivity contribution in [3.05, 3.63) is 52.0 Å². The number of rotatable bonds is 3. The summed E-state index contributed by atoms with van der Waals surface area (Å²) in [7, 11) is 1.70. The van der Waals surface area contributed by atoms with Gasteiger partial charge in [0.15, 0.2) is 5.01 Å². The van der Waals surface area contributed by atoms with Crippen molar-refractivity contribution < 1.29 is 0 Å². The van der Waals surface area contributed by atoms with Crippen molar-refractivity contribution in [3.63, 3.8) is 0 Å². The van der Waals surface area contributed by atoms with Crippen LogP contribution >= 0.6 is 22.9 Å². The molecule has 3 heterocycles. The maximum absolute atomic E-state index is 11.5. The first-order valence-corrected chi connectivity index (χ1v) is 8.20. The van der Waals surface area contributed by atoms with E-state index in [0.29, 0.717) is 15.2 Å². The van der Waals surface area contributed by atoms with Crippen molar-refractivity contribution in [2.24, 2.45) is 7.05 Å². The van der Waals surface area contributed by atoms with E-state index >= 15 is 0 Å². The molecule has 3 aromatic heterocycles. The molecule has 0 aliphatic rings. The lowest BCUT2D eigenvalue weighted by Gasteiger charge is -2.05. The van der Waals surface area contributed by atoms with Gasteiger partial charge in [-0.15, -0.1) is 10.2 Å². The first kappa shape index (κ1) is 14.9. The number of H-pyrrole nitrogens is 1. The molecule has 0 spiro atoms. The molecule has 0 atom stereocenters. The minimum atomic E-state index is -0.0678. The number of aryl methyl sites for hydroxylation is 1. The molecule has 24 heavy (non-hydrogen) atoms. The monoisotopic (exact) mass is 358 g/mol. The van der Waals surface area contributed by atoms with Gasteiger partial charge in [-0.25, -0.2) is 0 Å². The molecule has 0 unspecified atom stereocenters. The van der Waals surface area contributed by atoms with Gasteiger partial charge in [-0.1, -0.05) is 22.9 Å². The molecular formula is C15H11ClN6OS. The highest BCUT2D eigenvalue weighted by molar-refractivity contribution is 7.18. The van der Waals surface area contributed by atoms with Crippen molar-refractivity contribution in [1.82, 2.24) is 25.0 Å². The molecule has 4 rings (SSSR count). The summed E-state index contributed by atoms with van der Waals surface area (Å²) in [5.41, 5.74) is 2.36. The molecule has 0 saturated heterocycles. The van der Waals surface area contributed by atoms with E-state index < -0.39 is 0 Å². The number of hydrogen-bond acceptors (Lipinski definition) is 6. The Morgan fingerprint density at radius 2 is 2.12 bits per heavy atom. The van der Waals surface area contributed by atoms with Crippen LogP contribution in [0.1, 0.15) is 0 Å². The standard InChI is InChI=1S/C15H11ClN6OS/c1-22-7-8(2-5-12(22)23)14-20-21-15(24-14)18-11-4-3-10-9(13(11)16)6-17-19-10/h2-7H,1H3,(H,17,19)(H,18,21). The molecule has 4 aromatic rings. The lowest BCUT2D eigenvalue weighted by atomic mass is 10.2.